The highest BCUT2D eigenvalue weighted by atomic mass is 16.5. The first-order chi connectivity index (χ1) is 8.24. The van der Waals surface area contributed by atoms with Crippen molar-refractivity contribution in [2.24, 2.45) is 0 Å². The summed E-state index contributed by atoms with van der Waals surface area (Å²) in [5.41, 5.74) is 2.03. The van der Waals surface area contributed by atoms with E-state index in [9.17, 15) is 4.79 Å². The summed E-state index contributed by atoms with van der Waals surface area (Å²) in [4.78, 5) is 10.4. The number of carbonyl (C=O) groups is 1. The smallest absolute Gasteiger partial charge is 0.143 e. The Kier molecular flexibility index (Phi) is 3.24. The number of rotatable bonds is 3. The predicted octanol–water partition coefficient (Wildman–Crippen LogP) is 3.45. The molecule has 0 unspecified atom stereocenters. The van der Waals surface area contributed by atoms with Crippen molar-refractivity contribution in [3.8, 4) is 5.75 Å². The minimum atomic E-state index is 0.813. The van der Waals surface area contributed by atoms with Crippen LogP contribution in [0.1, 0.15) is 12.5 Å². The van der Waals surface area contributed by atoms with Crippen LogP contribution in [0.2, 0.25) is 0 Å². The molecule has 0 saturated heterocycles. The van der Waals surface area contributed by atoms with Gasteiger partial charge in [0.2, 0.25) is 0 Å². The van der Waals surface area contributed by atoms with Gasteiger partial charge in [-0.15, -0.1) is 0 Å². The fourth-order valence-corrected chi connectivity index (χ4v) is 1.79. The Hall–Kier alpha value is -2.09. The average Bonchev–Trinajstić information content (AvgIpc) is 2.37. The summed E-state index contributed by atoms with van der Waals surface area (Å²) in [5, 5.41) is 2.27. The molecule has 0 N–H and O–H groups in total. The number of hydrogen-bond acceptors (Lipinski definition) is 2. The molecule has 0 fully saturated rings. The molecule has 0 bridgehead atoms. The lowest BCUT2D eigenvalue weighted by Crippen LogP contribution is -1.84. The molecule has 2 rings (SSSR count). The second kappa shape index (κ2) is 4.83. The molecule has 0 saturated carbocycles. The topological polar surface area (TPSA) is 26.3 Å². The van der Waals surface area contributed by atoms with Crippen LogP contribution < -0.4 is 4.74 Å². The van der Waals surface area contributed by atoms with Crippen LogP contribution in [-0.2, 0) is 4.79 Å². The van der Waals surface area contributed by atoms with E-state index in [1.165, 1.54) is 0 Å². The van der Waals surface area contributed by atoms with E-state index in [-0.39, 0.29) is 0 Å². The molecule has 2 heteroatoms. The van der Waals surface area contributed by atoms with Gasteiger partial charge in [0.05, 0.1) is 7.11 Å². The van der Waals surface area contributed by atoms with Gasteiger partial charge in [-0.1, -0.05) is 18.2 Å². The van der Waals surface area contributed by atoms with Crippen molar-refractivity contribution in [3.63, 3.8) is 0 Å². The van der Waals surface area contributed by atoms with Gasteiger partial charge in [0.25, 0.3) is 0 Å². The second-order valence-corrected chi connectivity index (χ2v) is 3.91. The number of fused-ring (bicyclic) bond motifs is 1. The Morgan fingerprint density at radius 2 is 1.82 bits per heavy atom. The van der Waals surface area contributed by atoms with Gasteiger partial charge < -0.3 is 4.74 Å². The Morgan fingerprint density at radius 1 is 1.12 bits per heavy atom. The van der Waals surface area contributed by atoms with E-state index < -0.39 is 0 Å². The van der Waals surface area contributed by atoms with Crippen molar-refractivity contribution in [2.75, 3.05) is 7.11 Å². The van der Waals surface area contributed by atoms with Crippen LogP contribution in [0.5, 0.6) is 5.75 Å². The number of methoxy groups -OCH3 is 1. The summed E-state index contributed by atoms with van der Waals surface area (Å²) in [6.45, 7) is 1.93. The van der Waals surface area contributed by atoms with Gasteiger partial charge in [0, 0.05) is 0 Å². The maximum absolute atomic E-state index is 10.4. The zero-order valence-electron chi connectivity index (χ0n) is 9.94. The van der Waals surface area contributed by atoms with Crippen LogP contribution in [0.15, 0.2) is 42.5 Å². The molecule has 0 radical (unpaired) electrons. The van der Waals surface area contributed by atoms with E-state index in [0.717, 1.165) is 33.9 Å². The maximum atomic E-state index is 10.4. The molecule has 0 aromatic heterocycles. The quantitative estimate of drug-likeness (QED) is 0.592. The summed E-state index contributed by atoms with van der Waals surface area (Å²) < 4.78 is 5.18. The Balaban J connectivity index is 2.52. The highest BCUT2D eigenvalue weighted by Gasteiger charge is 2.00. The fraction of sp³-hybridized carbons (Fsp3) is 0.133. The van der Waals surface area contributed by atoms with E-state index in [0.29, 0.717) is 0 Å². The molecule has 17 heavy (non-hydrogen) atoms. The molecule has 2 aromatic rings. The molecular weight excluding hydrogens is 212 g/mol. The van der Waals surface area contributed by atoms with Crippen molar-refractivity contribution in [3.05, 3.63) is 48.0 Å². The average molecular weight is 226 g/mol. The molecule has 0 amide bonds. The van der Waals surface area contributed by atoms with Gasteiger partial charge in [-0.05, 0) is 53.1 Å². The predicted molar refractivity (Wildman–Crippen MR) is 70.2 cm³/mol. The number of aldehydes is 1. The highest BCUT2D eigenvalue weighted by Crippen LogP contribution is 2.24. The third-order valence-electron chi connectivity index (χ3n) is 2.82. The molecular formula is C15H14O2. The van der Waals surface area contributed by atoms with E-state index in [4.69, 9.17) is 4.74 Å². The number of hydrogen-bond donors (Lipinski definition) is 0. The lowest BCUT2D eigenvalue weighted by Gasteiger charge is -2.05. The third-order valence-corrected chi connectivity index (χ3v) is 2.82. The van der Waals surface area contributed by atoms with Crippen LogP contribution in [0, 0.1) is 0 Å². The number of ether oxygens (including phenoxy) is 1. The first-order valence-corrected chi connectivity index (χ1v) is 5.45. The normalized spacial score (nSPS) is 11.5. The summed E-state index contributed by atoms with van der Waals surface area (Å²) in [5.74, 6) is 0.852. The lowest BCUT2D eigenvalue weighted by molar-refractivity contribution is -0.104. The first kappa shape index (κ1) is 11.4. The molecule has 86 valence electrons. The van der Waals surface area contributed by atoms with Gasteiger partial charge in [-0.3, -0.25) is 4.79 Å². The van der Waals surface area contributed by atoms with Gasteiger partial charge >= 0.3 is 0 Å². The Morgan fingerprint density at radius 3 is 2.53 bits per heavy atom. The second-order valence-electron chi connectivity index (χ2n) is 3.91. The summed E-state index contributed by atoms with van der Waals surface area (Å²) >= 11 is 0. The van der Waals surface area contributed by atoms with Gasteiger partial charge in [0.1, 0.15) is 12.0 Å². The van der Waals surface area contributed by atoms with Crippen LogP contribution in [0.25, 0.3) is 16.3 Å². The minimum Gasteiger partial charge on any atom is -0.497 e. The molecule has 0 heterocycles. The van der Waals surface area contributed by atoms with Crippen molar-refractivity contribution >= 4 is 22.6 Å². The third kappa shape index (κ3) is 2.36. The first-order valence-electron chi connectivity index (χ1n) is 5.45. The molecule has 0 atom stereocenters. The van der Waals surface area contributed by atoms with E-state index in [1.54, 1.807) is 13.2 Å². The van der Waals surface area contributed by atoms with Crippen molar-refractivity contribution in [1.82, 2.24) is 0 Å². The maximum Gasteiger partial charge on any atom is 0.143 e. The van der Waals surface area contributed by atoms with E-state index in [1.807, 2.05) is 37.3 Å². The lowest BCUT2D eigenvalue weighted by atomic mass is 10.0. The number of allylic oxidation sites excluding steroid dienone is 2. The molecule has 0 spiro atoms. The Bertz CT molecular complexity index is 582. The highest BCUT2D eigenvalue weighted by molar-refractivity contribution is 5.89. The fourth-order valence-electron chi connectivity index (χ4n) is 1.79. The van der Waals surface area contributed by atoms with Gasteiger partial charge in [0.15, 0.2) is 0 Å². The van der Waals surface area contributed by atoms with Crippen molar-refractivity contribution in [1.29, 1.82) is 0 Å². The summed E-state index contributed by atoms with van der Waals surface area (Å²) in [7, 11) is 1.66. The monoisotopic (exact) mass is 226 g/mol. The van der Waals surface area contributed by atoms with Crippen molar-refractivity contribution in [2.45, 2.75) is 6.92 Å². The number of benzene rings is 2. The zero-order valence-corrected chi connectivity index (χ0v) is 9.94. The van der Waals surface area contributed by atoms with Crippen LogP contribution in [0.4, 0.5) is 0 Å². The van der Waals surface area contributed by atoms with Crippen LogP contribution in [0.3, 0.4) is 0 Å². The molecule has 2 nitrogen and oxygen atoms in total. The zero-order chi connectivity index (χ0) is 12.3. The minimum absolute atomic E-state index is 0.813. The van der Waals surface area contributed by atoms with E-state index in [2.05, 4.69) is 6.07 Å². The summed E-state index contributed by atoms with van der Waals surface area (Å²) in [6.07, 6.45) is 2.39. The molecule has 0 aliphatic heterocycles. The SMILES string of the molecule is COc1ccc2cc(/C(C)=C\C=O)ccc2c1. The largest absolute Gasteiger partial charge is 0.497 e. The number of carbonyl (C=O) groups excluding carboxylic acids is 1. The van der Waals surface area contributed by atoms with Crippen LogP contribution >= 0.6 is 0 Å². The Labute approximate surface area is 101 Å². The molecule has 0 aliphatic rings. The van der Waals surface area contributed by atoms with Crippen LogP contribution in [-0.4, -0.2) is 13.4 Å². The van der Waals surface area contributed by atoms with Crippen molar-refractivity contribution < 1.29 is 9.53 Å². The van der Waals surface area contributed by atoms with Gasteiger partial charge in [-0.2, -0.15) is 0 Å². The van der Waals surface area contributed by atoms with E-state index >= 15 is 0 Å². The molecule has 2 aromatic carbocycles. The van der Waals surface area contributed by atoms with Gasteiger partial charge in [-0.25, -0.2) is 0 Å². The molecule has 0 aliphatic carbocycles. The standard InChI is InChI=1S/C15H14O2/c1-11(7-8-16)12-3-4-14-10-15(17-2)6-5-13(14)9-12/h3-10H,1-2H3/b11-7-. The summed E-state index contributed by atoms with van der Waals surface area (Å²) in [6, 6.07) is 12.1.